The van der Waals surface area contributed by atoms with Crippen molar-refractivity contribution in [2.75, 3.05) is 5.32 Å². The van der Waals surface area contributed by atoms with Crippen LogP contribution in [0, 0.1) is 0 Å². The maximum atomic E-state index is 4.58. The van der Waals surface area contributed by atoms with Gasteiger partial charge in [0.05, 0.1) is 0 Å². The molecule has 5 aromatic rings. The highest BCUT2D eigenvalue weighted by molar-refractivity contribution is 7.99. The van der Waals surface area contributed by atoms with Crippen LogP contribution in [0.3, 0.4) is 0 Å². The Labute approximate surface area is 189 Å². The fourth-order valence-electron chi connectivity index (χ4n) is 3.35. The molecule has 0 radical (unpaired) electrons. The number of fused-ring (bicyclic) bond motifs is 1. The molecule has 8 heteroatoms. The monoisotopic (exact) mass is 439 g/mol. The van der Waals surface area contributed by atoms with Crippen molar-refractivity contribution in [2.24, 2.45) is 0 Å². The van der Waals surface area contributed by atoms with Gasteiger partial charge in [-0.3, -0.25) is 10.1 Å². The van der Waals surface area contributed by atoms with E-state index in [1.54, 1.807) is 12.4 Å². The molecule has 2 N–H and O–H groups in total. The molecule has 0 unspecified atom stereocenters. The highest BCUT2D eigenvalue weighted by Gasteiger charge is 2.14. The summed E-state index contributed by atoms with van der Waals surface area (Å²) < 4.78 is 0. The van der Waals surface area contributed by atoms with Crippen LogP contribution in [0.2, 0.25) is 0 Å². The lowest BCUT2D eigenvalue weighted by Gasteiger charge is -2.11. The predicted molar refractivity (Wildman–Crippen MR) is 127 cm³/mol. The molecule has 0 aliphatic heterocycles. The number of aromatic nitrogens is 6. The molecule has 5 rings (SSSR count). The van der Waals surface area contributed by atoms with Crippen molar-refractivity contribution in [3.05, 3.63) is 78.6 Å². The van der Waals surface area contributed by atoms with Gasteiger partial charge in [-0.2, -0.15) is 0 Å². The molecule has 0 spiro atoms. The van der Waals surface area contributed by atoms with Crippen LogP contribution in [0.25, 0.3) is 22.2 Å². The van der Waals surface area contributed by atoms with Crippen LogP contribution >= 0.6 is 11.8 Å². The van der Waals surface area contributed by atoms with Crippen LogP contribution in [-0.2, 0) is 0 Å². The van der Waals surface area contributed by atoms with E-state index in [-0.39, 0.29) is 0 Å². The van der Waals surface area contributed by atoms with Gasteiger partial charge in [-0.1, -0.05) is 50.2 Å². The first-order valence-corrected chi connectivity index (χ1v) is 11.1. The molecule has 3 heterocycles. The molecule has 0 aliphatic carbocycles. The van der Waals surface area contributed by atoms with E-state index in [2.05, 4.69) is 73.8 Å². The summed E-state index contributed by atoms with van der Waals surface area (Å²) in [6.07, 6.45) is 3.46. The number of benzene rings is 2. The zero-order valence-electron chi connectivity index (χ0n) is 17.6. The third-order valence-corrected chi connectivity index (χ3v) is 5.96. The van der Waals surface area contributed by atoms with E-state index in [0.29, 0.717) is 16.9 Å². The van der Waals surface area contributed by atoms with Gasteiger partial charge < -0.3 is 5.32 Å². The highest BCUT2D eigenvalue weighted by atomic mass is 32.2. The lowest BCUT2D eigenvalue weighted by molar-refractivity contribution is 0.867. The van der Waals surface area contributed by atoms with Crippen molar-refractivity contribution in [2.45, 2.75) is 29.9 Å². The number of nitrogens with one attached hydrogen (secondary N) is 2. The standard InChI is InChI=1S/C24H21N7S/c1-15(2)16-7-9-18(10-8-16)26-22-19-5-3-4-6-20(19)23(30-29-22)32-24-27-21(28-31-24)17-11-13-25-14-12-17/h3-15H,1-2H3,(H,26,29)(H,27,28,31). The van der Waals surface area contributed by atoms with Gasteiger partial charge in [0.15, 0.2) is 11.6 Å². The number of hydrogen-bond donors (Lipinski definition) is 2. The molecule has 0 fully saturated rings. The van der Waals surface area contributed by atoms with Crippen molar-refractivity contribution in [1.82, 2.24) is 30.4 Å². The minimum Gasteiger partial charge on any atom is -0.338 e. The Morgan fingerprint density at radius 2 is 1.62 bits per heavy atom. The van der Waals surface area contributed by atoms with Gasteiger partial charge in [-0.05, 0) is 47.5 Å². The van der Waals surface area contributed by atoms with E-state index in [9.17, 15) is 0 Å². The van der Waals surface area contributed by atoms with E-state index >= 15 is 0 Å². The van der Waals surface area contributed by atoms with E-state index < -0.39 is 0 Å². The van der Waals surface area contributed by atoms with Crippen LogP contribution in [0.15, 0.2) is 83.2 Å². The van der Waals surface area contributed by atoms with Gasteiger partial charge in [-0.15, -0.1) is 15.3 Å². The molecular weight excluding hydrogens is 418 g/mol. The van der Waals surface area contributed by atoms with Crippen LogP contribution in [0.1, 0.15) is 25.3 Å². The van der Waals surface area contributed by atoms with Crippen LogP contribution in [-0.4, -0.2) is 30.4 Å². The maximum absolute atomic E-state index is 4.58. The number of pyridine rings is 1. The number of hydrogen-bond acceptors (Lipinski definition) is 7. The average molecular weight is 440 g/mol. The summed E-state index contributed by atoms with van der Waals surface area (Å²) in [6.45, 7) is 4.37. The minimum atomic E-state index is 0.496. The molecule has 0 aliphatic rings. The second-order valence-electron chi connectivity index (χ2n) is 7.61. The van der Waals surface area contributed by atoms with Crippen LogP contribution < -0.4 is 5.32 Å². The molecule has 32 heavy (non-hydrogen) atoms. The lowest BCUT2D eigenvalue weighted by Crippen LogP contribution is -1.99. The predicted octanol–water partition coefficient (Wildman–Crippen LogP) is 5.83. The average Bonchev–Trinajstić information content (AvgIpc) is 3.30. The molecule has 7 nitrogen and oxygen atoms in total. The van der Waals surface area contributed by atoms with Crippen molar-refractivity contribution in [3.8, 4) is 11.4 Å². The Bertz CT molecular complexity index is 1350. The van der Waals surface area contributed by atoms with Crippen molar-refractivity contribution < 1.29 is 0 Å². The molecule has 158 valence electrons. The fraction of sp³-hybridized carbons (Fsp3) is 0.125. The number of nitrogens with zero attached hydrogens (tertiary/aromatic N) is 5. The SMILES string of the molecule is CC(C)c1ccc(Nc2nnc(Sc3n[nH]c(-c4ccncc4)n3)c3ccccc23)cc1. The number of anilines is 2. The minimum absolute atomic E-state index is 0.496. The molecule has 3 aromatic heterocycles. The van der Waals surface area contributed by atoms with E-state index in [4.69, 9.17) is 0 Å². The van der Waals surface area contributed by atoms with Crippen molar-refractivity contribution >= 4 is 34.0 Å². The van der Waals surface area contributed by atoms with Crippen molar-refractivity contribution in [3.63, 3.8) is 0 Å². The first kappa shape index (κ1) is 20.1. The van der Waals surface area contributed by atoms with Gasteiger partial charge in [0, 0.05) is 34.4 Å². The van der Waals surface area contributed by atoms with Crippen LogP contribution in [0.4, 0.5) is 11.5 Å². The third-order valence-electron chi connectivity index (χ3n) is 5.10. The summed E-state index contributed by atoms with van der Waals surface area (Å²) in [7, 11) is 0. The summed E-state index contributed by atoms with van der Waals surface area (Å²) in [5.41, 5.74) is 3.21. The van der Waals surface area contributed by atoms with Gasteiger partial charge in [0.25, 0.3) is 0 Å². The smallest absolute Gasteiger partial charge is 0.215 e. The number of rotatable bonds is 6. The Hall–Kier alpha value is -3.78. The second kappa shape index (κ2) is 8.76. The quantitative estimate of drug-likeness (QED) is 0.344. The van der Waals surface area contributed by atoms with Gasteiger partial charge in [0.2, 0.25) is 5.16 Å². The summed E-state index contributed by atoms with van der Waals surface area (Å²) >= 11 is 1.38. The largest absolute Gasteiger partial charge is 0.338 e. The zero-order chi connectivity index (χ0) is 21.9. The first-order valence-electron chi connectivity index (χ1n) is 10.3. The third kappa shape index (κ3) is 4.17. The normalized spacial score (nSPS) is 11.2. The van der Waals surface area contributed by atoms with Crippen LogP contribution in [0.5, 0.6) is 0 Å². The molecule has 0 atom stereocenters. The van der Waals surface area contributed by atoms with Gasteiger partial charge in [0.1, 0.15) is 5.03 Å². The second-order valence-corrected chi connectivity index (χ2v) is 8.56. The lowest BCUT2D eigenvalue weighted by atomic mass is 10.0. The zero-order valence-corrected chi connectivity index (χ0v) is 18.5. The van der Waals surface area contributed by atoms with E-state index in [1.807, 2.05) is 36.4 Å². The Morgan fingerprint density at radius 1 is 0.875 bits per heavy atom. The van der Waals surface area contributed by atoms with E-state index in [1.165, 1.54) is 17.3 Å². The summed E-state index contributed by atoms with van der Waals surface area (Å²) in [5, 5.41) is 23.0. The number of aromatic amines is 1. The fourth-order valence-corrected chi connectivity index (χ4v) is 4.12. The Morgan fingerprint density at radius 3 is 2.38 bits per heavy atom. The first-order chi connectivity index (χ1) is 15.7. The van der Waals surface area contributed by atoms with E-state index in [0.717, 1.165) is 32.9 Å². The summed E-state index contributed by atoms with van der Waals surface area (Å²) in [4.78, 5) is 8.62. The van der Waals surface area contributed by atoms with Crippen molar-refractivity contribution in [1.29, 1.82) is 0 Å². The molecule has 0 amide bonds. The molecule has 0 bridgehead atoms. The number of H-pyrrole nitrogens is 1. The summed E-state index contributed by atoms with van der Waals surface area (Å²) in [6, 6.07) is 20.3. The summed E-state index contributed by atoms with van der Waals surface area (Å²) in [5.74, 6) is 1.90. The molecular formula is C24H21N7S. The Kier molecular flexibility index (Phi) is 5.51. The highest BCUT2D eigenvalue weighted by Crippen LogP contribution is 2.33. The van der Waals surface area contributed by atoms with Gasteiger partial charge in [-0.25, -0.2) is 4.98 Å². The maximum Gasteiger partial charge on any atom is 0.215 e. The molecule has 0 saturated heterocycles. The Balaban J connectivity index is 1.43. The topological polar surface area (TPSA) is 92.3 Å². The molecule has 2 aromatic carbocycles. The van der Waals surface area contributed by atoms with Gasteiger partial charge >= 0.3 is 0 Å². The molecule has 0 saturated carbocycles.